The Morgan fingerprint density at radius 2 is 2.05 bits per heavy atom. The molecule has 2 rings (SSSR count). The smallest absolute Gasteiger partial charge is 0.0897 e. The summed E-state index contributed by atoms with van der Waals surface area (Å²) < 4.78 is 1.03. The highest BCUT2D eigenvalue weighted by molar-refractivity contribution is 9.10. The monoisotopic (exact) mass is 354 g/mol. The molecule has 1 N–H and O–H groups in total. The minimum Gasteiger partial charge on any atom is -0.388 e. The number of aliphatic hydroxyl groups excluding tert-OH is 1. The Balaban J connectivity index is 1.80. The first-order valence-corrected chi connectivity index (χ1v) is 8.25. The molecule has 0 bridgehead atoms. The third kappa shape index (κ3) is 4.66. The predicted molar refractivity (Wildman–Crippen MR) is 86.9 cm³/mol. The number of hydrogen-bond donors (Lipinski definition) is 1. The van der Waals surface area contributed by atoms with Crippen LogP contribution in [0.5, 0.6) is 0 Å². The Hall–Kier alpha value is -0.750. The van der Waals surface area contributed by atoms with Crippen LogP contribution in [-0.4, -0.2) is 28.6 Å². The zero-order valence-corrected chi connectivity index (χ0v) is 14.1. The fourth-order valence-electron chi connectivity index (χ4n) is 2.03. The van der Waals surface area contributed by atoms with Crippen molar-refractivity contribution in [1.82, 2.24) is 9.88 Å². The van der Waals surface area contributed by atoms with E-state index in [1.807, 2.05) is 31.2 Å². The van der Waals surface area contributed by atoms with Crippen LogP contribution in [0.4, 0.5) is 0 Å². The molecule has 3 nitrogen and oxygen atoms in total. The van der Waals surface area contributed by atoms with Crippen molar-refractivity contribution in [2.24, 2.45) is 0 Å². The van der Waals surface area contributed by atoms with Crippen LogP contribution in [0.25, 0.3) is 0 Å². The second-order valence-corrected chi connectivity index (χ2v) is 6.93. The van der Waals surface area contributed by atoms with Crippen molar-refractivity contribution in [2.45, 2.75) is 26.0 Å². The lowest BCUT2D eigenvalue weighted by molar-refractivity contribution is 0.147. The summed E-state index contributed by atoms with van der Waals surface area (Å²) in [6.45, 7) is 3.69. The summed E-state index contributed by atoms with van der Waals surface area (Å²) >= 11 is 5.08. The molecule has 0 spiro atoms. The van der Waals surface area contributed by atoms with Crippen LogP contribution in [0, 0.1) is 6.92 Å². The molecule has 0 saturated carbocycles. The molecule has 1 atom stereocenters. The van der Waals surface area contributed by atoms with Crippen LogP contribution in [-0.2, 0) is 6.54 Å². The third-order valence-corrected chi connectivity index (χ3v) is 4.49. The summed E-state index contributed by atoms with van der Waals surface area (Å²) in [5.74, 6) is 0. The van der Waals surface area contributed by atoms with E-state index in [2.05, 4.69) is 38.2 Å². The number of rotatable bonds is 6. The average molecular weight is 355 g/mol. The Bertz CT molecular complexity index is 541. The molecule has 0 saturated heterocycles. The maximum absolute atomic E-state index is 10.2. The standard InChI is InChI=1S/C15H19BrN2OS/c1-11-17-14(10-20-11)9-18(2)8-7-15(19)12-3-5-13(16)6-4-12/h3-6,10,15,19H,7-9H2,1-2H3. The Kier molecular flexibility index (Phi) is 5.72. The lowest BCUT2D eigenvalue weighted by Crippen LogP contribution is -2.21. The molecule has 0 amide bonds. The van der Waals surface area contributed by atoms with Gasteiger partial charge in [-0.2, -0.15) is 0 Å². The van der Waals surface area contributed by atoms with Gasteiger partial charge in [-0.05, 0) is 38.1 Å². The first-order valence-electron chi connectivity index (χ1n) is 6.57. The second kappa shape index (κ2) is 7.31. The van der Waals surface area contributed by atoms with Gasteiger partial charge in [0.25, 0.3) is 0 Å². The lowest BCUT2D eigenvalue weighted by Gasteiger charge is -2.18. The molecule has 0 radical (unpaired) electrons. The predicted octanol–water partition coefficient (Wildman–Crippen LogP) is 3.77. The summed E-state index contributed by atoms with van der Waals surface area (Å²) in [5.41, 5.74) is 2.07. The van der Waals surface area contributed by atoms with Gasteiger partial charge in [0, 0.05) is 22.9 Å². The number of nitrogens with zero attached hydrogens (tertiary/aromatic N) is 2. The highest BCUT2D eigenvalue weighted by Crippen LogP contribution is 2.20. The fraction of sp³-hybridized carbons (Fsp3) is 0.400. The van der Waals surface area contributed by atoms with E-state index in [9.17, 15) is 5.11 Å². The van der Waals surface area contributed by atoms with Gasteiger partial charge in [0.2, 0.25) is 0 Å². The molecule has 1 unspecified atom stereocenters. The van der Waals surface area contributed by atoms with Gasteiger partial charge in [-0.25, -0.2) is 4.98 Å². The highest BCUT2D eigenvalue weighted by atomic mass is 79.9. The van der Waals surface area contributed by atoms with Crippen LogP contribution in [0.2, 0.25) is 0 Å². The van der Waals surface area contributed by atoms with Crippen LogP contribution >= 0.6 is 27.3 Å². The number of benzene rings is 1. The lowest BCUT2D eigenvalue weighted by atomic mass is 10.1. The zero-order chi connectivity index (χ0) is 14.5. The van der Waals surface area contributed by atoms with Crippen molar-refractivity contribution < 1.29 is 5.11 Å². The first kappa shape index (κ1) is 15.6. The van der Waals surface area contributed by atoms with Gasteiger partial charge in [0.15, 0.2) is 0 Å². The largest absolute Gasteiger partial charge is 0.388 e. The molecule has 0 aliphatic heterocycles. The number of thiazole rings is 1. The molecule has 0 aliphatic carbocycles. The van der Waals surface area contributed by atoms with Gasteiger partial charge < -0.3 is 10.0 Å². The van der Waals surface area contributed by atoms with Gasteiger partial charge in [0.05, 0.1) is 16.8 Å². The SMILES string of the molecule is Cc1nc(CN(C)CCC(O)c2ccc(Br)cc2)cs1. The maximum atomic E-state index is 10.2. The van der Waals surface area contributed by atoms with Crippen LogP contribution in [0.3, 0.4) is 0 Å². The highest BCUT2D eigenvalue weighted by Gasteiger charge is 2.10. The Morgan fingerprint density at radius 3 is 2.65 bits per heavy atom. The van der Waals surface area contributed by atoms with E-state index in [1.165, 1.54) is 0 Å². The quantitative estimate of drug-likeness (QED) is 0.857. The summed E-state index contributed by atoms with van der Waals surface area (Å²) in [7, 11) is 2.06. The molecule has 108 valence electrons. The van der Waals surface area contributed by atoms with E-state index in [0.29, 0.717) is 0 Å². The van der Waals surface area contributed by atoms with Crippen molar-refractivity contribution >= 4 is 27.3 Å². The van der Waals surface area contributed by atoms with E-state index < -0.39 is 6.10 Å². The molecular formula is C15H19BrN2OS. The van der Waals surface area contributed by atoms with E-state index in [1.54, 1.807) is 11.3 Å². The second-order valence-electron chi connectivity index (χ2n) is 4.95. The third-order valence-electron chi connectivity index (χ3n) is 3.14. The maximum Gasteiger partial charge on any atom is 0.0897 e. The van der Waals surface area contributed by atoms with Gasteiger partial charge in [-0.3, -0.25) is 0 Å². The van der Waals surface area contributed by atoms with Crippen molar-refractivity contribution in [2.75, 3.05) is 13.6 Å². The Morgan fingerprint density at radius 1 is 1.35 bits per heavy atom. The van der Waals surface area contributed by atoms with Crippen LogP contribution in [0.15, 0.2) is 34.1 Å². The van der Waals surface area contributed by atoms with Crippen molar-refractivity contribution in [3.05, 3.63) is 50.4 Å². The summed E-state index contributed by atoms with van der Waals surface area (Å²) in [5, 5.41) is 13.4. The van der Waals surface area contributed by atoms with E-state index >= 15 is 0 Å². The van der Waals surface area contributed by atoms with Gasteiger partial charge in [-0.15, -0.1) is 11.3 Å². The topological polar surface area (TPSA) is 36.4 Å². The number of aromatic nitrogens is 1. The number of aliphatic hydroxyl groups is 1. The van der Waals surface area contributed by atoms with Crippen molar-refractivity contribution in [3.8, 4) is 0 Å². The number of halogens is 1. The van der Waals surface area contributed by atoms with E-state index in [0.717, 1.165) is 40.2 Å². The fourth-order valence-corrected chi connectivity index (χ4v) is 2.90. The van der Waals surface area contributed by atoms with Crippen molar-refractivity contribution in [1.29, 1.82) is 0 Å². The molecular weight excluding hydrogens is 336 g/mol. The Labute approximate surface area is 132 Å². The molecule has 0 aliphatic rings. The zero-order valence-electron chi connectivity index (χ0n) is 11.7. The first-order chi connectivity index (χ1) is 9.54. The minimum absolute atomic E-state index is 0.414. The molecule has 1 aromatic heterocycles. The molecule has 1 aromatic carbocycles. The summed E-state index contributed by atoms with van der Waals surface area (Å²) in [6, 6.07) is 7.83. The summed E-state index contributed by atoms with van der Waals surface area (Å²) in [4.78, 5) is 6.65. The summed E-state index contributed by atoms with van der Waals surface area (Å²) in [6.07, 6.45) is 0.309. The molecule has 0 fully saturated rings. The molecule has 2 aromatic rings. The number of aryl methyl sites for hydroxylation is 1. The van der Waals surface area contributed by atoms with Gasteiger partial charge >= 0.3 is 0 Å². The van der Waals surface area contributed by atoms with Crippen LogP contribution < -0.4 is 0 Å². The van der Waals surface area contributed by atoms with Gasteiger partial charge in [0.1, 0.15) is 0 Å². The number of hydrogen-bond acceptors (Lipinski definition) is 4. The van der Waals surface area contributed by atoms with E-state index in [-0.39, 0.29) is 0 Å². The average Bonchev–Trinajstić information content (AvgIpc) is 2.82. The molecule has 20 heavy (non-hydrogen) atoms. The van der Waals surface area contributed by atoms with E-state index in [4.69, 9.17) is 0 Å². The molecule has 5 heteroatoms. The van der Waals surface area contributed by atoms with Crippen LogP contribution in [0.1, 0.15) is 28.8 Å². The van der Waals surface area contributed by atoms with Gasteiger partial charge in [-0.1, -0.05) is 28.1 Å². The normalized spacial score (nSPS) is 12.8. The van der Waals surface area contributed by atoms with Crippen molar-refractivity contribution in [3.63, 3.8) is 0 Å². The molecule has 1 heterocycles. The minimum atomic E-state index is -0.414.